The lowest BCUT2D eigenvalue weighted by atomic mass is 9.85. The van der Waals surface area contributed by atoms with E-state index in [1.807, 2.05) is 0 Å². The standard InChI is InChI=1S/C20H22/c1-3-9-17(10-4-1)15-16-20(19-13-7-8-14-19)18-11-5-2-6-12-18/h1-6,9-13,20H,7-8,14-16H2/t20-/m0/s1. The number of rotatable bonds is 5. The number of hydrogen-bond donors (Lipinski definition) is 0. The summed E-state index contributed by atoms with van der Waals surface area (Å²) in [5.74, 6) is 0.610. The van der Waals surface area contributed by atoms with Crippen molar-refractivity contribution >= 4 is 0 Å². The highest BCUT2D eigenvalue weighted by Crippen LogP contribution is 2.35. The van der Waals surface area contributed by atoms with E-state index in [0.29, 0.717) is 5.92 Å². The number of aryl methyl sites for hydroxylation is 1. The van der Waals surface area contributed by atoms with Crippen LogP contribution in [0, 0.1) is 0 Å². The maximum absolute atomic E-state index is 2.47. The van der Waals surface area contributed by atoms with Gasteiger partial charge in [0.05, 0.1) is 0 Å². The van der Waals surface area contributed by atoms with E-state index in [1.165, 1.54) is 36.8 Å². The zero-order valence-electron chi connectivity index (χ0n) is 12.0. The Morgan fingerprint density at radius 2 is 1.55 bits per heavy atom. The molecule has 0 nitrogen and oxygen atoms in total. The molecule has 0 radical (unpaired) electrons. The van der Waals surface area contributed by atoms with Crippen LogP contribution < -0.4 is 0 Å². The predicted molar refractivity (Wildman–Crippen MR) is 85.9 cm³/mol. The molecule has 0 spiro atoms. The van der Waals surface area contributed by atoms with Gasteiger partial charge in [0.1, 0.15) is 0 Å². The highest BCUT2D eigenvalue weighted by molar-refractivity contribution is 5.31. The van der Waals surface area contributed by atoms with Gasteiger partial charge in [0.15, 0.2) is 0 Å². The molecule has 0 heterocycles. The number of allylic oxidation sites excluding steroid dienone is 2. The second-order valence-corrected chi connectivity index (χ2v) is 5.66. The molecule has 1 aliphatic rings. The van der Waals surface area contributed by atoms with Gasteiger partial charge in [-0.15, -0.1) is 0 Å². The third-order valence-electron chi connectivity index (χ3n) is 4.29. The third-order valence-corrected chi connectivity index (χ3v) is 4.29. The highest BCUT2D eigenvalue weighted by Gasteiger charge is 2.18. The van der Waals surface area contributed by atoms with Crippen molar-refractivity contribution in [2.24, 2.45) is 0 Å². The van der Waals surface area contributed by atoms with Crippen molar-refractivity contribution < 1.29 is 0 Å². The molecule has 0 bridgehead atoms. The molecule has 102 valence electrons. The first-order valence-electron chi connectivity index (χ1n) is 7.71. The minimum atomic E-state index is 0.610. The van der Waals surface area contributed by atoms with Crippen LogP contribution in [-0.2, 0) is 6.42 Å². The zero-order chi connectivity index (χ0) is 13.6. The molecule has 0 amide bonds. The van der Waals surface area contributed by atoms with Crippen molar-refractivity contribution in [3.8, 4) is 0 Å². The summed E-state index contributed by atoms with van der Waals surface area (Å²) in [5.41, 5.74) is 4.59. The first kappa shape index (κ1) is 13.2. The van der Waals surface area contributed by atoms with Crippen molar-refractivity contribution in [1.82, 2.24) is 0 Å². The predicted octanol–water partition coefficient (Wildman–Crippen LogP) is 5.51. The Hall–Kier alpha value is -1.82. The summed E-state index contributed by atoms with van der Waals surface area (Å²) >= 11 is 0. The van der Waals surface area contributed by atoms with Crippen molar-refractivity contribution in [2.75, 3.05) is 0 Å². The van der Waals surface area contributed by atoms with E-state index in [-0.39, 0.29) is 0 Å². The molecule has 0 N–H and O–H groups in total. The fourth-order valence-electron chi connectivity index (χ4n) is 3.22. The molecule has 0 aliphatic heterocycles. The van der Waals surface area contributed by atoms with E-state index in [4.69, 9.17) is 0 Å². The molecule has 0 unspecified atom stereocenters. The molecule has 0 saturated heterocycles. The van der Waals surface area contributed by atoms with E-state index >= 15 is 0 Å². The van der Waals surface area contributed by atoms with Gasteiger partial charge in [0.25, 0.3) is 0 Å². The number of benzene rings is 2. The molecule has 3 rings (SSSR count). The van der Waals surface area contributed by atoms with E-state index in [9.17, 15) is 0 Å². The molecule has 20 heavy (non-hydrogen) atoms. The zero-order valence-corrected chi connectivity index (χ0v) is 12.0. The monoisotopic (exact) mass is 262 g/mol. The Labute approximate surface area is 122 Å². The second kappa shape index (κ2) is 6.56. The molecule has 0 aromatic heterocycles. The fourth-order valence-corrected chi connectivity index (χ4v) is 3.22. The molecule has 0 fully saturated rings. The maximum atomic E-state index is 2.47. The van der Waals surface area contributed by atoms with Crippen LogP contribution in [0.4, 0.5) is 0 Å². The van der Waals surface area contributed by atoms with Crippen LogP contribution in [0.3, 0.4) is 0 Å². The topological polar surface area (TPSA) is 0 Å². The lowest BCUT2D eigenvalue weighted by molar-refractivity contribution is 0.680. The lowest BCUT2D eigenvalue weighted by Gasteiger charge is -2.19. The Morgan fingerprint density at radius 1 is 0.850 bits per heavy atom. The van der Waals surface area contributed by atoms with E-state index < -0.39 is 0 Å². The van der Waals surface area contributed by atoms with Crippen molar-refractivity contribution in [3.63, 3.8) is 0 Å². The second-order valence-electron chi connectivity index (χ2n) is 5.66. The van der Waals surface area contributed by atoms with Crippen LogP contribution in [0.15, 0.2) is 72.3 Å². The van der Waals surface area contributed by atoms with Gasteiger partial charge in [-0.3, -0.25) is 0 Å². The van der Waals surface area contributed by atoms with Gasteiger partial charge in [-0.1, -0.05) is 72.3 Å². The van der Waals surface area contributed by atoms with Crippen LogP contribution >= 0.6 is 0 Å². The first-order chi connectivity index (χ1) is 9.93. The number of hydrogen-bond acceptors (Lipinski definition) is 0. The van der Waals surface area contributed by atoms with Crippen molar-refractivity contribution in [3.05, 3.63) is 83.4 Å². The molecule has 1 atom stereocenters. The summed E-state index contributed by atoms with van der Waals surface area (Å²) in [6.45, 7) is 0. The third kappa shape index (κ3) is 3.19. The van der Waals surface area contributed by atoms with Crippen molar-refractivity contribution in [2.45, 2.75) is 38.0 Å². The first-order valence-corrected chi connectivity index (χ1v) is 7.71. The summed E-state index contributed by atoms with van der Waals surface area (Å²) < 4.78 is 0. The van der Waals surface area contributed by atoms with Crippen LogP contribution in [-0.4, -0.2) is 0 Å². The van der Waals surface area contributed by atoms with E-state index in [0.717, 1.165) is 6.42 Å². The van der Waals surface area contributed by atoms with Crippen LogP contribution in [0.5, 0.6) is 0 Å². The summed E-state index contributed by atoms with van der Waals surface area (Å²) in [5, 5.41) is 0. The average Bonchev–Trinajstić information content (AvgIpc) is 3.04. The smallest absolute Gasteiger partial charge is 0.00513 e. The van der Waals surface area contributed by atoms with Gasteiger partial charge in [0.2, 0.25) is 0 Å². The highest BCUT2D eigenvalue weighted by atomic mass is 14.2. The Bertz CT molecular complexity index is 551. The summed E-state index contributed by atoms with van der Waals surface area (Å²) in [6.07, 6.45) is 8.75. The quantitative estimate of drug-likeness (QED) is 0.623. The largest absolute Gasteiger partial charge is 0.0847 e. The lowest BCUT2D eigenvalue weighted by Crippen LogP contribution is -2.03. The van der Waals surface area contributed by atoms with Gasteiger partial charge >= 0.3 is 0 Å². The van der Waals surface area contributed by atoms with Gasteiger partial charge in [0, 0.05) is 5.92 Å². The Kier molecular flexibility index (Phi) is 4.32. The van der Waals surface area contributed by atoms with Crippen LogP contribution in [0.25, 0.3) is 0 Å². The van der Waals surface area contributed by atoms with Crippen molar-refractivity contribution in [1.29, 1.82) is 0 Å². The van der Waals surface area contributed by atoms with Crippen LogP contribution in [0.2, 0.25) is 0 Å². The molecule has 2 aromatic carbocycles. The van der Waals surface area contributed by atoms with E-state index in [1.54, 1.807) is 5.57 Å². The molecular formula is C20H22. The van der Waals surface area contributed by atoms with Gasteiger partial charge in [-0.25, -0.2) is 0 Å². The Balaban J connectivity index is 1.76. The Morgan fingerprint density at radius 3 is 2.20 bits per heavy atom. The van der Waals surface area contributed by atoms with Gasteiger partial charge in [-0.2, -0.15) is 0 Å². The molecule has 0 saturated carbocycles. The van der Waals surface area contributed by atoms with Gasteiger partial charge in [-0.05, 0) is 43.2 Å². The fraction of sp³-hybridized carbons (Fsp3) is 0.300. The molecule has 0 heteroatoms. The normalized spacial score (nSPS) is 15.9. The summed E-state index contributed by atoms with van der Waals surface area (Å²) in [4.78, 5) is 0. The van der Waals surface area contributed by atoms with E-state index in [2.05, 4.69) is 66.7 Å². The summed E-state index contributed by atoms with van der Waals surface area (Å²) in [7, 11) is 0. The summed E-state index contributed by atoms with van der Waals surface area (Å²) in [6, 6.07) is 21.9. The molecular weight excluding hydrogens is 240 g/mol. The van der Waals surface area contributed by atoms with Crippen LogP contribution in [0.1, 0.15) is 42.7 Å². The maximum Gasteiger partial charge on any atom is 0.00513 e. The molecule has 1 aliphatic carbocycles. The molecule has 2 aromatic rings. The minimum absolute atomic E-state index is 0.610. The minimum Gasteiger partial charge on any atom is -0.0847 e. The SMILES string of the molecule is C1=C([C@@H](CCc2ccccc2)c2ccccc2)CCC1. The van der Waals surface area contributed by atoms with Gasteiger partial charge < -0.3 is 0 Å². The average molecular weight is 262 g/mol.